The SMILES string of the molecule is CSc1nnc(CCCNC(=O)c2cnn(-c3ccccn3)c2C(C)C)n1CC(C)C. The predicted molar refractivity (Wildman–Crippen MR) is 123 cm³/mol. The van der Waals surface area contributed by atoms with Crippen molar-refractivity contribution in [1.82, 2.24) is 34.8 Å². The molecule has 0 saturated carbocycles. The van der Waals surface area contributed by atoms with Crippen LogP contribution in [0.15, 0.2) is 35.7 Å². The summed E-state index contributed by atoms with van der Waals surface area (Å²) in [6.07, 6.45) is 6.93. The third-order valence-corrected chi connectivity index (χ3v) is 5.52. The number of rotatable bonds is 10. The Hall–Kier alpha value is -2.68. The molecule has 0 aliphatic carbocycles. The van der Waals surface area contributed by atoms with Gasteiger partial charge in [-0.1, -0.05) is 45.5 Å². The van der Waals surface area contributed by atoms with Gasteiger partial charge >= 0.3 is 0 Å². The standard InChI is InChI=1S/C22H31N7OS/c1-15(2)14-28-19(26-27-22(28)31-5)10-8-12-24-21(30)17-13-25-29(20(17)16(3)4)18-9-6-7-11-23-18/h6-7,9,11,13,15-16H,8,10,12,14H2,1-5H3,(H,24,30). The predicted octanol–water partition coefficient (Wildman–Crippen LogP) is 3.72. The number of hydrogen-bond donors (Lipinski definition) is 1. The Morgan fingerprint density at radius 3 is 2.65 bits per heavy atom. The molecule has 0 aromatic carbocycles. The summed E-state index contributed by atoms with van der Waals surface area (Å²) < 4.78 is 3.93. The number of aryl methyl sites for hydroxylation is 1. The van der Waals surface area contributed by atoms with Crippen molar-refractivity contribution in [1.29, 1.82) is 0 Å². The van der Waals surface area contributed by atoms with Crippen LogP contribution < -0.4 is 5.32 Å². The lowest BCUT2D eigenvalue weighted by Crippen LogP contribution is -2.26. The van der Waals surface area contributed by atoms with Gasteiger partial charge in [0.2, 0.25) is 0 Å². The minimum atomic E-state index is -0.112. The summed E-state index contributed by atoms with van der Waals surface area (Å²) in [7, 11) is 0. The molecular formula is C22H31N7OS. The third kappa shape index (κ3) is 5.52. The van der Waals surface area contributed by atoms with E-state index < -0.39 is 0 Å². The van der Waals surface area contributed by atoms with Gasteiger partial charge in [0.15, 0.2) is 11.0 Å². The van der Waals surface area contributed by atoms with E-state index in [2.05, 4.69) is 57.9 Å². The molecule has 0 radical (unpaired) electrons. The Morgan fingerprint density at radius 2 is 2.00 bits per heavy atom. The third-order valence-electron chi connectivity index (χ3n) is 4.85. The smallest absolute Gasteiger partial charge is 0.254 e. The van der Waals surface area contributed by atoms with E-state index in [-0.39, 0.29) is 11.8 Å². The van der Waals surface area contributed by atoms with Gasteiger partial charge in [-0.05, 0) is 36.6 Å². The average molecular weight is 442 g/mol. The molecule has 0 spiro atoms. The fourth-order valence-corrected chi connectivity index (χ4v) is 4.02. The summed E-state index contributed by atoms with van der Waals surface area (Å²) in [4.78, 5) is 17.2. The largest absolute Gasteiger partial charge is 0.352 e. The van der Waals surface area contributed by atoms with Gasteiger partial charge in [0, 0.05) is 25.7 Å². The number of carbonyl (C=O) groups excluding carboxylic acids is 1. The maximum absolute atomic E-state index is 12.9. The zero-order valence-corrected chi connectivity index (χ0v) is 19.7. The normalized spacial score (nSPS) is 11.5. The Kier molecular flexibility index (Phi) is 7.84. The fraction of sp³-hybridized carbons (Fsp3) is 0.500. The molecule has 1 amide bonds. The van der Waals surface area contributed by atoms with Crippen LogP contribution in [-0.2, 0) is 13.0 Å². The van der Waals surface area contributed by atoms with Gasteiger partial charge in [0.1, 0.15) is 5.82 Å². The Morgan fingerprint density at radius 1 is 1.19 bits per heavy atom. The van der Waals surface area contributed by atoms with E-state index in [1.165, 1.54) is 0 Å². The molecule has 0 unspecified atom stereocenters. The van der Waals surface area contributed by atoms with Gasteiger partial charge in [-0.2, -0.15) is 5.10 Å². The maximum atomic E-state index is 12.9. The number of carbonyl (C=O) groups is 1. The summed E-state index contributed by atoms with van der Waals surface area (Å²) >= 11 is 1.61. The topological polar surface area (TPSA) is 90.5 Å². The number of nitrogens with one attached hydrogen (secondary N) is 1. The van der Waals surface area contributed by atoms with Gasteiger partial charge in [-0.15, -0.1) is 10.2 Å². The second-order valence-corrected chi connectivity index (χ2v) is 8.94. The van der Waals surface area contributed by atoms with Crippen molar-refractivity contribution >= 4 is 17.7 Å². The molecule has 0 atom stereocenters. The minimum absolute atomic E-state index is 0.112. The van der Waals surface area contributed by atoms with Crippen molar-refractivity contribution in [2.45, 2.75) is 58.2 Å². The number of amides is 1. The fourth-order valence-electron chi connectivity index (χ4n) is 3.50. The molecule has 3 aromatic rings. The lowest BCUT2D eigenvalue weighted by Gasteiger charge is -2.13. The van der Waals surface area contributed by atoms with E-state index in [1.54, 1.807) is 28.8 Å². The van der Waals surface area contributed by atoms with E-state index in [0.29, 0.717) is 23.8 Å². The van der Waals surface area contributed by atoms with Crippen LogP contribution in [0.3, 0.4) is 0 Å². The van der Waals surface area contributed by atoms with E-state index in [9.17, 15) is 4.79 Å². The highest BCUT2D eigenvalue weighted by Crippen LogP contribution is 2.22. The zero-order chi connectivity index (χ0) is 22.4. The van der Waals surface area contributed by atoms with E-state index in [1.807, 2.05) is 24.5 Å². The van der Waals surface area contributed by atoms with Gasteiger partial charge < -0.3 is 9.88 Å². The monoisotopic (exact) mass is 441 g/mol. The van der Waals surface area contributed by atoms with Gasteiger partial charge in [0.25, 0.3) is 5.91 Å². The summed E-state index contributed by atoms with van der Waals surface area (Å²) in [6.45, 7) is 9.94. The first-order valence-corrected chi connectivity index (χ1v) is 11.9. The van der Waals surface area contributed by atoms with Crippen LogP contribution in [0, 0.1) is 5.92 Å². The number of pyridine rings is 1. The van der Waals surface area contributed by atoms with Gasteiger partial charge in [0.05, 0.1) is 17.5 Å². The molecule has 8 nitrogen and oxygen atoms in total. The van der Waals surface area contributed by atoms with E-state index in [4.69, 9.17) is 0 Å². The molecule has 0 saturated heterocycles. The lowest BCUT2D eigenvalue weighted by molar-refractivity contribution is 0.0951. The second kappa shape index (κ2) is 10.6. The Balaban J connectivity index is 1.64. The molecule has 0 bridgehead atoms. The highest BCUT2D eigenvalue weighted by atomic mass is 32.2. The number of nitrogens with zero attached hydrogens (tertiary/aromatic N) is 6. The van der Waals surface area contributed by atoms with Crippen LogP contribution >= 0.6 is 11.8 Å². The highest BCUT2D eigenvalue weighted by Gasteiger charge is 2.21. The second-order valence-electron chi connectivity index (χ2n) is 8.16. The van der Waals surface area contributed by atoms with Crippen LogP contribution in [0.25, 0.3) is 5.82 Å². The summed E-state index contributed by atoms with van der Waals surface area (Å²) in [5, 5.41) is 17.0. The molecule has 0 aliphatic heterocycles. The van der Waals surface area contributed by atoms with Crippen molar-refractivity contribution < 1.29 is 4.79 Å². The van der Waals surface area contributed by atoms with E-state index in [0.717, 1.165) is 36.1 Å². The van der Waals surface area contributed by atoms with Crippen molar-refractivity contribution in [3.8, 4) is 5.82 Å². The quantitative estimate of drug-likeness (QED) is 0.381. The van der Waals surface area contributed by atoms with Gasteiger partial charge in [-0.25, -0.2) is 9.67 Å². The maximum Gasteiger partial charge on any atom is 0.254 e. The lowest BCUT2D eigenvalue weighted by atomic mass is 10.1. The van der Waals surface area contributed by atoms with Crippen LogP contribution in [0.2, 0.25) is 0 Å². The molecule has 9 heteroatoms. The molecule has 166 valence electrons. The van der Waals surface area contributed by atoms with Gasteiger partial charge in [-0.3, -0.25) is 4.79 Å². The molecule has 3 heterocycles. The average Bonchev–Trinajstić information content (AvgIpc) is 3.36. The first-order valence-electron chi connectivity index (χ1n) is 10.7. The first-order chi connectivity index (χ1) is 14.9. The van der Waals surface area contributed by atoms with Crippen LogP contribution in [0.5, 0.6) is 0 Å². The first kappa shape index (κ1) is 23.0. The molecular weight excluding hydrogens is 410 g/mol. The molecule has 31 heavy (non-hydrogen) atoms. The van der Waals surface area contributed by atoms with E-state index >= 15 is 0 Å². The zero-order valence-electron chi connectivity index (χ0n) is 18.9. The molecule has 0 fully saturated rings. The Bertz CT molecular complexity index is 995. The summed E-state index contributed by atoms with van der Waals surface area (Å²) in [6, 6.07) is 5.66. The van der Waals surface area contributed by atoms with Crippen LogP contribution in [0.4, 0.5) is 0 Å². The highest BCUT2D eigenvalue weighted by molar-refractivity contribution is 7.98. The Labute approximate surface area is 187 Å². The van der Waals surface area contributed by atoms with Crippen LogP contribution in [0.1, 0.15) is 61.9 Å². The molecule has 0 aliphatic rings. The van der Waals surface area contributed by atoms with Crippen molar-refractivity contribution in [2.24, 2.45) is 5.92 Å². The number of thioether (sulfide) groups is 1. The number of hydrogen-bond acceptors (Lipinski definition) is 6. The molecule has 3 rings (SSSR count). The summed E-state index contributed by atoms with van der Waals surface area (Å²) in [5.74, 6) is 2.21. The van der Waals surface area contributed by atoms with Crippen LogP contribution in [-0.4, -0.2) is 48.2 Å². The molecule has 1 N–H and O–H groups in total. The van der Waals surface area contributed by atoms with Crippen molar-refractivity contribution in [3.05, 3.63) is 47.7 Å². The van der Waals surface area contributed by atoms with Crippen molar-refractivity contribution in [3.63, 3.8) is 0 Å². The van der Waals surface area contributed by atoms with Crippen molar-refractivity contribution in [2.75, 3.05) is 12.8 Å². The molecule has 3 aromatic heterocycles. The summed E-state index contributed by atoms with van der Waals surface area (Å²) in [5.41, 5.74) is 1.45. The number of aromatic nitrogens is 6. The minimum Gasteiger partial charge on any atom is -0.352 e.